The lowest BCUT2D eigenvalue weighted by atomic mass is 10.1. The van der Waals surface area contributed by atoms with Gasteiger partial charge in [0.05, 0.1) is 19.1 Å². The molecule has 0 spiro atoms. The molecular formula is C17H26N2O4S. The number of rotatable bonds is 6. The Bertz CT molecular complexity index is 652. The molecule has 0 bridgehead atoms. The van der Waals surface area contributed by atoms with Gasteiger partial charge < -0.3 is 9.64 Å². The average molecular weight is 354 g/mol. The maximum absolute atomic E-state index is 12.9. The predicted molar refractivity (Wildman–Crippen MR) is 94.8 cm³/mol. The number of hydrogen-bond acceptors (Lipinski definition) is 4. The fourth-order valence-electron chi connectivity index (χ4n) is 3.10. The number of carbonyl (C=O) groups excluding carboxylic acids is 1. The minimum atomic E-state index is -3.59. The van der Waals surface area contributed by atoms with Crippen molar-refractivity contribution >= 4 is 21.6 Å². The standard InChI is InChI=1S/C17H26N2O4S/c1-4-16(17(20)18-12-6-5-7-13-18)19(24(3,21)22)14-8-10-15(23-2)11-9-14/h8-11,16H,4-7,12-13H2,1-3H3. The van der Waals surface area contributed by atoms with Gasteiger partial charge in [0.25, 0.3) is 0 Å². The molecule has 1 aromatic carbocycles. The highest BCUT2D eigenvalue weighted by Gasteiger charge is 2.34. The summed E-state index contributed by atoms with van der Waals surface area (Å²) in [4.78, 5) is 14.7. The van der Waals surface area contributed by atoms with Crippen LogP contribution in [0.4, 0.5) is 5.69 Å². The minimum Gasteiger partial charge on any atom is -0.497 e. The molecule has 0 radical (unpaired) electrons. The molecule has 0 aromatic heterocycles. The number of amides is 1. The summed E-state index contributed by atoms with van der Waals surface area (Å²) < 4.78 is 31.2. The molecule has 1 fully saturated rings. The van der Waals surface area contributed by atoms with E-state index in [1.54, 1.807) is 36.3 Å². The van der Waals surface area contributed by atoms with Crippen LogP contribution in [0.5, 0.6) is 5.75 Å². The molecule has 0 N–H and O–H groups in total. The molecular weight excluding hydrogens is 328 g/mol. The van der Waals surface area contributed by atoms with Crippen molar-refractivity contribution in [3.05, 3.63) is 24.3 Å². The van der Waals surface area contributed by atoms with Crippen LogP contribution in [0.2, 0.25) is 0 Å². The molecule has 6 nitrogen and oxygen atoms in total. The Kier molecular flexibility index (Phi) is 6.10. The lowest BCUT2D eigenvalue weighted by Crippen LogP contribution is -2.51. The summed E-state index contributed by atoms with van der Waals surface area (Å²) in [6.45, 7) is 3.25. The molecule has 1 aliphatic heterocycles. The molecule has 1 atom stereocenters. The first-order chi connectivity index (χ1) is 11.4. The van der Waals surface area contributed by atoms with Gasteiger partial charge >= 0.3 is 0 Å². The zero-order valence-electron chi connectivity index (χ0n) is 14.6. The first kappa shape index (κ1) is 18.6. The van der Waals surface area contributed by atoms with E-state index in [-0.39, 0.29) is 5.91 Å². The highest BCUT2D eigenvalue weighted by atomic mass is 32.2. The van der Waals surface area contributed by atoms with Gasteiger partial charge in [0.15, 0.2) is 0 Å². The monoisotopic (exact) mass is 354 g/mol. The van der Waals surface area contributed by atoms with Crippen molar-refractivity contribution in [3.8, 4) is 5.75 Å². The Balaban J connectivity index is 2.35. The zero-order chi connectivity index (χ0) is 17.7. The minimum absolute atomic E-state index is 0.113. The predicted octanol–water partition coefficient (Wildman–Crippen LogP) is 2.25. The van der Waals surface area contributed by atoms with Gasteiger partial charge in [-0.2, -0.15) is 0 Å². The number of likely N-dealkylation sites (tertiary alicyclic amines) is 1. The maximum atomic E-state index is 12.9. The first-order valence-corrected chi connectivity index (χ1v) is 10.2. The Morgan fingerprint density at radius 3 is 2.25 bits per heavy atom. The summed E-state index contributed by atoms with van der Waals surface area (Å²) in [6.07, 6.45) is 4.64. The van der Waals surface area contributed by atoms with Crippen LogP contribution in [0.25, 0.3) is 0 Å². The van der Waals surface area contributed by atoms with Crippen molar-refractivity contribution < 1.29 is 17.9 Å². The number of ether oxygens (including phenoxy) is 1. The molecule has 0 saturated carbocycles. The van der Waals surface area contributed by atoms with Gasteiger partial charge in [0.1, 0.15) is 11.8 Å². The molecule has 24 heavy (non-hydrogen) atoms. The van der Waals surface area contributed by atoms with Crippen molar-refractivity contribution in [2.75, 3.05) is 30.8 Å². The van der Waals surface area contributed by atoms with Gasteiger partial charge in [0, 0.05) is 13.1 Å². The van der Waals surface area contributed by atoms with Crippen LogP contribution < -0.4 is 9.04 Å². The van der Waals surface area contributed by atoms with Crippen LogP contribution in [0, 0.1) is 0 Å². The van der Waals surface area contributed by atoms with E-state index >= 15 is 0 Å². The third kappa shape index (κ3) is 4.20. The van der Waals surface area contributed by atoms with Crippen LogP contribution in [-0.4, -0.2) is 51.7 Å². The molecule has 7 heteroatoms. The summed E-state index contributed by atoms with van der Waals surface area (Å²) in [5.74, 6) is 0.529. The smallest absolute Gasteiger partial charge is 0.246 e. The number of sulfonamides is 1. The largest absolute Gasteiger partial charge is 0.497 e. The van der Waals surface area contributed by atoms with Crippen LogP contribution in [-0.2, 0) is 14.8 Å². The summed E-state index contributed by atoms with van der Waals surface area (Å²) in [5.41, 5.74) is 0.482. The third-order valence-corrected chi connectivity index (χ3v) is 5.49. The Morgan fingerprint density at radius 2 is 1.79 bits per heavy atom. The van der Waals surface area contributed by atoms with E-state index in [9.17, 15) is 13.2 Å². The molecule has 1 unspecified atom stereocenters. The molecule has 1 aliphatic rings. The highest BCUT2D eigenvalue weighted by molar-refractivity contribution is 7.92. The number of anilines is 1. The molecule has 0 aliphatic carbocycles. The number of hydrogen-bond donors (Lipinski definition) is 0. The Morgan fingerprint density at radius 1 is 1.21 bits per heavy atom. The quantitative estimate of drug-likeness (QED) is 0.786. The van der Waals surface area contributed by atoms with E-state index in [0.717, 1.165) is 25.5 Å². The van der Waals surface area contributed by atoms with Gasteiger partial charge in [-0.1, -0.05) is 6.92 Å². The second-order valence-corrected chi connectivity index (χ2v) is 7.93. The fourth-order valence-corrected chi connectivity index (χ4v) is 4.30. The second kappa shape index (κ2) is 7.88. The van der Waals surface area contributed by atoms with Gasteiger partial charge in [0.2, 0.25) is 15.9 Å². The van der Waals surface area contributed by atoms with Crippen LogP contribution in [0.15, 0.2) is 24.3 Å². The van der Waals surface area contributed by atoms with Crippen LogP contribution >= 0.6 is 0 Å². The van der Waals surface area contributed by atoms with Crippen molar-refractivity contribution in [2.24, 2.45) is 0 Å². The van der Waals surface area contributed by atoms with Crippen molar-refractivity contribution in [3.63, 3.8) is 0 Å². The Labute approximate surface area is 144 Å². The van der Waals surface area contributed by atoms with Crippen LogP contribution in [0.1, 0.15) is 32.6 Å². The topological polar surface area (TPSA) is 66.9 Å². The first-order valence-electron chi connectivity index (χ1n) is 8.30. The number of benzene rings is 1. The molecule has 1 aromatic rings. The van der Waals surface area contributed by atoms with Gasteiger partial charge in [-0.3, -0.25) is 9.10 Å². The maximum Gasteiger partial charge on any atom is 0.246 e. The summed E-state index contributed by atoms with van der Waals surface area (Å²) >= 11 is 0. The summed E-state index contributed by atoms with van der Waals surface area (Å²) in [5, 5.41) is 0. The molecule has 134 valence electrons. The molecule has 1 saturated heterocycles. The summed E-state index contributed by atoms with van der Waals surface area (Å²) in [7, 11) is -2.03. The lowest BCUT2D eigenvalue weighted by molar-refractivity contribution is -0.133. The van der Waals surface area contributed by atoms with Crippen LogP contribution in [0.3, 0.4) is 0 Å². The fraction of sp³-hybridized carbons (Fsp3) is 0.588. The zero-order valence-corrected chi connectivity index (χ0v) is 15.4. The number of carbonyl (C=O) groups is 1. The Hall–Kier alpha value is -1.76. The van der Waals surface area contributed by atoms with Gasteiger partial charge in [-0.25, -0.2) is 8.42 Å². The second-order valence-electron chi connectivity index (χ2n) is 6.07. The van der Waals surface area contributed by atoms with Gasteiger partial charge in [-0.15, -0.1) is 0 Å². The van der Waals surface area contributed by atoms with Crippen molar-refractivity contribution in [1.82, 2.24) is 4.90 Å². The molecule has 2 rings (SSSR count). The molecule has 1 heterocycles. The van der Waals surface area contributed by atoms with E-state index in [0.29, 0.717) is 30.9 Å². The third-order valence-electron chi connectivity index (χ3n) is 4.31. The van der Waals surface area contributed by atoms with E-state index in [1.165, 1.54) is 4.31 Å². The normalized spacial score (nSPS) is 16.5. The number of methoxy groups -OCH3 is 1. The lowest BCUT2D eigenvalue weighted by Gasteiger charge is -2.35. The van der Waals surface area contributed by atoms with E-state index in [4.69, 9.17) is 4.74 Å². The average Bonchev–Trinajstić information content (AvgIpc) is 2.59. The molecule has 1 amide bonds. The number of nitrogens with zero attached hydrogens (tertiary/aromatic N) is 2. The van der Waals surface area contributed by atoms with E-state index in [2.05, 4.69) is 0 Å². The SMILES string of the molecule is CCC(C(=O)N1CCCCC1)N(c1ccc(OC)cc1)S(C)(=O)=O. The number of piperidine rings is 1. The van der Waals surface area contributed by atoms with Gasteiger partial charge in [-0.05, 0) is 49.9 Å². The van der Waals surface area contributed by atoms with E-state index < -0.39 is 16.1 Å². The van der Waals surface area contributed by atoms with Crippen molar-refractivity contribution in [1.29, 1.82) is 0 Å². The van der Waals surface area contributed by atoms with Crippen molar-refractivity contribution in [2.45, 2.75) is 38.6 Å². The summed E-state index contributed by atoms with van der Waals surface area (Å²) in [6, 6.07) is 6.03. The highest BCUT2D eigenvalue weighted by Crippen LogP contribution is 2.26. The van der Waals surface area contributed by atoms with E-state index in [1.807, 2.05) is 6.92 Å².